The summed E-state index contributed by atoms with van der Waals surface area (Å²) in [5.41, 5.74) is 6.95. The summed E-state index contributed by atoms with van der Waals surface area (Å²) in [6.07, 6.45) is 1.77. The third kappa shape index (κ3) is 2.88. The molecule has 0 atom stereocenters. The van der Waals surface area contributed by atoms with Gasteiger partial charge in [0.15, 0.2) is 0 Å². The molecule has 2 rings (SSSR count). The first-order chi connectivity index (χ1) is 8.66. The maximum absolute atomic E-state index is 9.46. The maximum atomic E-state index is 9.46. The van der Waals surface area contributed by atoms with Crippen molar-refractivity contribution < 1.29 is 5.11 Å². The van der Waals surface area contributed by atoms with E-state index in [1.54, 1.807) is 18.3 Å². The number of benzene rings is 2. The van der Waals surface area contributed by atoms with Crippen molar-refractivity contribution >= 4 is 11.9 Å². The molecule has 0 amide bonds. The molecule has 0 saturated carbocycles. The molecule has 0 heterocycles. The summed E-state index contributed by atoms with van der Waals surface area (Å²) in [6.45, 7) is 3.91. The van der Waals surface area contributed by atoms with Gasteiger partial charge in [-0.2, -0.15) is 5.10 Å². The number of nitrogens with one attached hydrogen (secondary N) is 1. The number of phenols is 1. The maximum Gasteiger partial charge on any atom is 0.116 e. The summed E-state index contributed by atoms with van der Waals surface area (Å²) < 4.78 is 0. The first kappa shape index (κ1) is 12.2. The average molecular weight is 240 g/mol. The molecule has 0 aliphatic heterocycles. The van der Waals surface area contributed by atoms with E-state index in [1.165, 1.54) is 0 Å². The highest BCUT2D eigenvalue weighted by Crippen LogP contribution is 2.19. The number of hydrazone groups is 1. The SMILES string of the molecule is Cc1cc(O)cc(C)c1C=NNc1ccccc1. The molecule has 0 aromatic heterocycles. The molecule has 0 unspecified atom stereocenters. The Labute approximate surface area is 107 Å². The zero-order valence-electron chi connectivity index (χ0n) is 10.5. The normalized spacial score (nSPS) is 10.8. The van der Waals surface area contributed by atoms with Gasteiger partial charge in [0.25, 0.3) is 0 Å². The van der Waals surface area contributed by atoms with E-state index >= 15 is 0 Å². The van der Waals surface area contributed by atoms with Crippen molar-refractivity contribution in [3.63, 3.8) is 0 Å². The number of anilines is 1. The number of para-hydroxylation sites is 1. The van der Waals surface area contributed by atoms with Crippen LogP contribution in [0, 0.1) is 13.8 Å². The van der Waals surface area contributed by atoms with E-state index in [9.17, 15) is 5.11 Å². The molecule has 2 aromatic carbocycles. The average Bonchev–Trinajstić information content (AvgIpc) is 2.34. The number of phenolic OH excluding ortho intramolecular Hbond substituents is 1. The molecule has 0 saturated heterocycles. The standard InChI is InChI=1S/C15H16N2O/c1-11-8-14(18)9-12(2)15(11)10-16-17-13-6-4-3-5-7-13/h3-10,17-18H,1-2H3. The van der Waals surface area contributed by atoms with Crippen molar-refractivity contribution in [2.75, 3.05) is 5.43 Å². The Hall–Kier alpha value is -2.29. The number of nitrogens with zero attached hydrogens (tertiary/aromatic N) is 1. The van der Waals surface area contributed by atoms with Crippen molar-refractivity contribution in [3.8, 4) is 5.75 Å². The van der Waals surface area contributed by atoms with E-state index < -0.39 is 0 Å². The summed E-state index contributed by atoms with van der Waals surface area (Å²) in [7, 11) is 0. The molecule has 0 spiro atoms. The van der Waals surface area contributed by atoms with Crippen molar-refractivity contribution in [3.05, 3.63) is 59.2 Å². The summed E-state index contributed by atoms with van der Waals surface area (Å²) in [4.78, 5) is 0. The molecule has 0 aliphatic carbocycles. The van der Waals surface area contributed by atoms with Crippen molar-refractivity contribution in [1.29, 1.82) is 0 Å². The topological polar surface area (TPSA) is 44.6 Å². The molecular formula is C15H16N2O. The van der Waals surface area contributed by atoms with Gasteiger partial charge in [0.05, 0.1) is 11.9 Å². The molecule has 92 valence electrons. The van der Waals surface area contributed by atoms with Crippen LogP contribution in [0.2, 0.25) is 0 Å². The van der Waals surface area contributed by atoms with E-state index in [1.807, 2.05) is 44.2 Å². The van der Waals surface area contributed by atoms with E-state index in [-0.39, 0.29) is 5.75 Å². The van der Waals surface area contributed by atoms with Gasteiger partial charge in [-0.05, 0) is 49.2 Å². The van der Waals surface area contributed by atoms with Gasteiger partial charge in [-0.1, -0.05) is 18.2 Å². The molecule has 0 bridgehead atoms. The minimum Gasteiger partial charge on any atom is -0.508 e. The van der Waals surface area contributed by atoms with E-state index in [4.69, 9.17) is 0 Å². The van der Waals surface area contributed by atoms with E-state index in [2.05, 4.69) is 10.5 Å². The summed E-state index contributed by atoms with van der Waals surface area (Å²) in [5, 5.41) is 13.7. The van der Waals surface area contributed by atoms with Crippen LogP contribution in [0.3, 0.4) is 0 Å². The summed E-state index contributed by atoms with van der Waals surface area (Å²) >= 11 is 0. The molecule has 3 nitrogen and oxygen atoms in total. The fourth-order valence-corrected chi connectivity index (χ4v) is 1.84. The van der Waals surface area contributed by atoms with E-state index in [0.29, 0.717) is 0 Å². The number of rotatable bonds is 3. The molecule has 18 heavy (non-hydrogen) atoms. The lowest BCUT2D eigenvalue weighted by atomic mass is 10.0. The second-order valence-corrected chi connectivity index (χ2v) is 4.23. The van der Waals surface area contributed by atoms with Gasteiger partial charge in [0, 0.05) is 5.56 Å². The molecular weight excluding hydrogens is 224 g/mol. The highest BCUT2D eigenvalue weighted by molar-refractivity contribution is 5.84. The lowest BCUT2D eigenvalue weighted by Gasteiger charge is -2.06. The summed E-state index contributed by atoms with van der Waals surface area (Å²) in [5.74, 6) is 0.290. The second-order valence-electron chi connectivity index (χ2n) is 4.23. The van der Waals surface area contributed by atoms with Gasteiger partial charge in [0.1, 0.15) is 5.75 Å². The Balaban J connectivity index is 2.15. The van der Waals surface area contributed by atoms with Crippen LogP contribution in [0.5, 0.6) is 5.75 Å². The van der Waals surface area contributed by atoms with Crippen LogP contribution in [0.25, 0.3) is 0 Å². The fourth-order valence-electron chi connectivity index (χ4n) is 1.84. The van der Waals surface area contributed by atoms with Gasteiger partial charge < -0.3 is 5.11 Å². The minimum atomic E-state index is 0.290. The number of hydrogen-bond acceptors (Lipinski definition) is 3. The Morgan fingerprint density at radius 1 is 1.06 bits per heavy atom. The minimum absolute atomic E-state index is 0.290. The molecule has 0 radical (unpaired) electrons. The quantitative estimate of drug-likeness (QED) is 0.637. The zero-order valence-corrected chi connectivity index (χ0v) is 10.5. The predicted molar refractivity (Wildman–Crippen MR) is 75.2 cm³/mol. The molecule has 2 N–H and O–H groups in total. The van der Waals surface area contributed by atoms with Crippen LogP contribution < -0.4 is 5.43 Å². The van der Waals surface area contributed by atoms with Crippen LogP contribution in [0.1, 0.15) is 16.7 Å². The van der Waals surface area contributed by atoms with E-state index in [0.717, 1.165) is 22.4 Å². The molecule has 2 aromatic rings. The van der Waals surface area contributed by atoms with Gasteiger partial charge in [0.2, 0.25) is 0 Å². The largest absolute Gasteiger partial charge is 0.508 e. The van der Waals surface area contributed by atoms with Crippen LogP contribution in [0.15, 0.2) is 47.6 Å². The van der Waals surface area contributed by atoms with Gasteiger partial charge in [-0.25, -0.2) is 0 Å². The van der Waals surface area contributed by atoms with Crippen LogP contribution >= 0.6 is 0 Å². The lowest BCUT2D eigenvalue weighted by molar-refractivity contribution is 0.474. The number of aryl methyl sites for hydroxylation is 2. The Kier molecular flexibility index (Phi) is 3.63. The fraction of sp³-hybridized carbons (Fsp3) is 0.133. The number of hydrogen-bond donors (Lipinski definition) is 2. The highest BCUT2D eigenvalue weighted by atomic mass is 16.3. The third-order valence-corrected chi connectivity index (χ3v) is 2.74. The number of aromatic hydroxyl groups is 1. The van der Waals surface area contributed by atoms with Gasteiger partial charge in [-0.15, -0.1) is 0 Å². The van der Waals surface area contributed by atoms with Crippen molar-refractivity contribution in [1.82, 2.24) is 0 Å². The smallest absolute Gasteiger partial charge is 0.116 e. The van der Waals surface area contributed by atoms with Crippen LogP contribution in [0.4, 0.5) is 5.69 Å². The third-order valence-electron chi connectivity index (χ3n) is 2.74. The van der Waals surface area contributed by atoms with Crippen molar-refractivity contribution in [2.24, 2.45) is 5.10 Å². The first-order valence-corrected chi connectivity index (χ1v) is 5.81. The first-order valence-electron chi connectivity index (χ1n) is 5.81. The predicted octanol–water partition coefficient (Wildman–Crippen LogP) is 3.46. The molecule has 3 heteroatoms. The van der Waals surface area contributed by atoms with Gasteiger partial charge >= 0.3 is 0 Å². The Bertz CT molecular complexity index is 539. The highest BCUT2D eigenvalue weighted by Gasteiger charge is 2.01. The zero-order chi connectivity index (χ0) is 13.0. The van der Waals surface area contributed by atoms with Crippen molar-refractivity contribution in [2.45, 2.75) is 13.8 Å². The monoisotopic (exact) mass is 240 g/mol. The lowest BCUT2D eigenvalue weighted by Crippen LogP contribution is -1.95. The van der Waals surface area contributed by atoms with Crippen LogP contribution in [-0.2, 0) is 0 Å². The van der Waals surface area contributed by atoms with Gasteiger partial charge in [-0.3, -0.25) is 5.43 Å². The molecule has 0 fully saturated rings. The summed E-state index contributed by atoms with van der Waals surface area (Å²) in [6, 6.07) is 13.2. The Morgan fingerprint density at radius 3 is 2.28 bits per heavy atom. The Morgan fingerprint density at radius 2 is 1.67 bits per heavy atom. The molecule has 0 aliphatic rings. The van der Waals surface area contributed by atoms with Crippen LogP contribution in [-0.4, -0.2) is 11.3 Å². The second kappa shape index (κ2) is 5.36.